The molecule has 8 nitrogen and oxygen atoms in total. The summed E-state index contributed by atoms with van der Waals surface area (Å²) in [7, 11) is -4.00. The number of aryl methyl sites for hydroxylation is 2. The molecule has 4 rings (SSSR count). The van der Waals surface area contributed by atoms with E-state index >= 15 is 0 Å². The van der Waals surface area contributed by atoms with Crippen molar-refractivity contribution in [2.75, 3.05) is 23.8 Å². The maximum absolute atomic E-state index is 13.4. The van der Waals surface area contributed by atoms with Crippen LogP contribution >= 0.6 is 0 Å². The van der Waals surface area contributed by atoms with Gasteiger partial charge in [-0.3, -0.25) is 9.59 Å². The Morgan fingerprint density at radius 1 is 1.23 bits per heavy atom. The maximum Gasteiger partial charge on any atom is 0.262 e. The van der Waals surface area contributed by atoms with Gasteiger partial charge >= 0.3 is 0 Å². The summed E-state index contributed by atoms with van der Waals surface area (Å²) in [6.45, 7) is 3.30. The van der Waals surface area contributed by atoms with Gasteiger partial charge in [-0.1, -0.05) is 0 Å². The van der Waals surface area contributed by atoms with Crippen molar-refractivity contribution in [1.29, 1.82) is 0 Å². The first-order valence-electron chi connectivity index (χ1n) is 9.83. The van der Waals surface area contributed by atoms with Crippen molar-refractivity contribution >= 4 is 33.2 Å². The van der Waals surface area contributed by atoms with Gasteiger partial charge in [0.15, 0.2) is 6.61 Å². The van der Waals surface area contributed by atoms with E-state index in [0.29, 0.717) is 35.3 Å². The van der Waals surface area contributed by atoms with Crippen molar-refractivity contribution in [3.63, 3.8) is 0 Å². The molecule has 2 aromatic rings. The number of ether oxygens (including phenoxy) is 1. The summed E-state index contributed by atoms with van der Waals surface area (Å²) in [5.41, 5.74) is 1.83. The molecule has 10 heteroatoms. The van der Waals surface area contributed by atoms with Gasteiger partial charge in [-0.2, -0.15) is 4.31 Å². The molecule has 0 aliphatic carbocycles. The summed E-state index contributed by atoms with van der Waals surface area (Å²) in [5.74, 6) is -0.919. The van der Waals surface area contributed by atoms with E-state index in [1.165, 1.54) is 28.6 Å². The summed E-state index contributed by atoms with van der Waals surface area (Å²) in [5, 5.41) is 5.37. The number of carbonyl (C=O) groups is 2. The van der Waals surface area contributed by atoms with Gasteiger partial charge in [0.1, 0.15) is 17.6 Å². The van der Waals surface area contributed by atoms with Gasteiger partial charge in [0.05, 0.1) is 10.6 Å². The smallest absolute Gasteiger partial charge is 0.262 e. The lowest BCUT2D eigenvalue weighted by atomic mass is 10.1. The van der Waals surface area contributed by atoms with Gasteiger partial charge in [-0.15, -0.1) is 0 Å². The molecular formula is C21H22FN3O5S. The number of anilines is 2. The molecule has 1 fully saturated rings. The van der Waals surface area contributed by atoms with E-state index in [-0.39, 0.29) is 29.7 Å². The topological polar surface area (TPSA) is 105 Å². The predicted molar refractivity (Wildman–Crippen MR) is 112 cm³/mol. The second-order valence-electron chi connectivity index (χ2n) is 7.67. The first-order chi connectivity index (χ1) is 14.7. The van der Waals surface area contributed by atoms with E-state index in [1.807, 2.05) is 0 Å². The first-order valence-corrected chi connectivity index (χ1v) is 11.3. The second kappa shape index (κ2) is 7.93. The number of nitrogens with one attached hydrogen (secondary N) is 2. The Morgan fingerprint density at radius 3 is 2.74 bits per heavy atom. The third-order valence-corrected chi connectivity index (χ3v) is 7.50. The highest BCUT2D eigenvalue weighted by molar-refractivity contribution is 7.89. The van der Waals surface area contributed by atoms with Gasteiger partial charge in [-0.25, -0.2) is 12.8 Å². The van der Waals surface area contributed by atoms with Crippen LogP contribution in [0.15, 0.2) is 35.2 Å². The van der Waals surface area contributed by atoms with Crippen LogP contribution in [0.25, 0.3) is 0 Å². The molecule has 164 valence electrons. The predicted octanol–water partition coefficient (Wildman–Crippen LogP) is 2.57. The number of benzene rings is 2. The summed E-state index contributed by atoms with van der Waals surface area (Å²) in [6, 6.07) is 6.04. The number of hydrogen-bond acceptors (Lipinski definition) is 5. The van der Waals surface area contributed by atoms with Crippen molar-refractivity contribution < 1.29 is 27.1 Å². The van der Waals surface area contributed by atoms with Crippen LogP contribution in [0.2, 0.25) is 0 Å². The molecule has 1 unspecified atom stereocenters. The lowest BCUT2D eigenvalue weighted by Crippen LogP contribution is -2.43. The summed E-state index contributed by atoms with van der Waals surface area (Å²) in [4.78, 5) is 24.4. The van der Waals surface area contributed by atoms with E-state index in [9.17, 15) is 22.4 Å². The number of hydrogen-bond donors (Lipinski definition) is 2. The molecule has 2 aliphatic rings. The van der Waals surface area contributed by atoms with Crippen LogP contribution in [0.3, 0.4) is 0 Å². The molecule has 1 saturated heterocycles. The van der Waals surface area contributed by atoms with Crippen molar-refractivity contribution in [2.45, 2.75) is 37.6 Å². The fraction of sp³-hybridized carbons (Fsp3) is 0.333. The summed E-state index contributed by atoms with van der Waals surface area (Å²) < 4.78 is 46.8. The van der Waals surface area contributed by atoms with E-state index in [4.69, 9.17) is 4.74 Å². The zero-order chi connectivity index (χ0) is 22.3. The normalized spacial score (nSPS) is 18.8. The average molecular weight is 447 g/mol. The number of sulfonamides is 1. The molecule has 2 amide bonds. The molecule has 2 aliphatic heterocycles. The van der Waals surface area contributed by atoms with Crippen LogP contribution in [0.4, 0.5) is 15.8 Å². The molecule has 0 aromatic heterocycles. The summed E-state index contributed by atoms with van der Waals surface area (Å²) in [6.07, 6.45) is 0.915. The number of rotatable bonds is 4. The van der Waals surface area contributed by atoms with Gasteiger partial charge in [0, 0.05) is 18.3 Å². The highest BCUT2D eigenvalue weighted by atomic mass is 32.2. The molecule has 0 spiro atoms. The molecule has 1 atom stereocenters. The molecule has 31 heavy (non-hydrogen) atoms. The van der Waals surface area contributed by atoms with Crippen molar-refractivity contribution in [1.82, 2.24) is 4.31 Å². The third-order valence-electron chi connectivity index (χ3n) is 5.45. The number of carbonyl (C=O) groups excluding carboxylic acids is 2. The minimum Gasteiger partial charge on any atom is -0.482 e. The molecule has 0 bridgehead atoms. The van der Waals surface area contributed by atoms with E-state index in [0.717, 1.165) is 0 Å². The quantitative estimate of drug-likeness (QED) is 0.750. The molecular weight excluding hydrogens is 425 g/mol. The van der Waals surface area contributed by atoms with Crippen LogP contribution in [-0.2, 0) is 19.6 Å². The average Bonchev–Trinajstić information content (AvgIpc) is 3.20. The van der Waals surface area contributed by atoms with E-state index in [1.54, 1.807) is 19.9 Å². The standard InChI is InChI=1S/C21H22FN3O5S/c1-12-8-14(22)5-6-15(12)24-21(27)17-4-3-7-25(17)31(28,29)19-10-18-16(9-13(19)2)23-20(26)11-30-18/h5-6,8-10,17H,3-4,7,11H2,1-2H3,(H,23,26)(H,24,27). The Morgan fingerprint density at radius 2 is 2.00 bits per heavy atom. The van der Waals surface area contributed by atoms with Crippen LogP contribution in [0, 0.1) is 19.7 Å². The van der Waals surface area contributed by atoms with Crippen LogP contribution in [0.1, 0.15) is 24.0 Å². The number of halogens is 1. The Balaban J connectivity index is 1.62. The highest BCUT2D eigenvalue weighted by Gasteiger charge is 2.40. The van der Waals surface area contributed by atoms with Gasteiger partial charge in [0.2, 0.25) is 15.9 Å². The maximum atomic E-state index is 13.4. The van der Waals surface area contributed by atoms with E-state index < -0.39 is 27.8 Å². The van der Waals surface area contributed by atoms with Crippen molar-refractivity contribution in [3.05, 3.63) is 47.3 Å². The largest absolute Gasteiger partial charge is 0.482 e. The molecule has 0 saturated carbocycles. The lowest BCUT2D eigenvalue weighted by molar-refractivity contribution is -0.119. The van der Waals surface area contributed by atoms with Crippen molar-refractivity contribution in [2.24, 2.45) is 0 Å². The number of fused-ring (bicyclic) bond motifs is 1. The zero-order valence-corrected chi connectivity index (χ0v) is 17.9. The summed E-state index contributed by atoms with van der Waals surface area (Å²) >= 11 is 0. The Kier molecular flexibility index (Phi) is 5.44. The van der Waals surface area contributed by atoms with Crippen LogP contribution in [0.5, 0.6) is 5.75 Å². The van der Waals surface area contributed by atoms with Crippen molar-refractivity contribution in [3.8, 4) is 5.75 Å². The minimum absolute atomic E-state index is 0.0278. The zero-order valence-electron chi connectivity index (χ0n) is 17.1. The third kappa shape index (κ3) is 4.00. The molecule has 2 aromatic carbocycles. The number of amides is 2. The molecule has 0 radical (unpaired) electrons. The fourth-order valence-corrected chi connectivity index (χ4v) is 5.77. The second-order valence-corrected chi connectivity index (χ2v) is 9.53. The molecule has 2 heterocycles. The molecule has 2 N–H and O–H groups in total. The van der Waals surface area contributed by atoms with Crippen LogP contribution in [-0.4, -0.2) is 43.7 Å². The van der Waals surface area contributed by atoms with Gasteiger partial charge in [-0.05, 0) is 62.1 Å². The van der Waals surface area contributed by atoms with Gasteiger partial charge in [0.25, 0.3) is 5.91 Å². The van der Waals surface area contributed by atoms with Crippen LogP contribution < -0.4 is 15.4 Å². The monoisotopic (exact) mass is 447 g/mol. The Hall–Kier alpha value is -2.98. The van der Waals surface area contributed by atoms with Gasteiger partial charge < -0.3 is 15.4 Å². The first kappa shape index (κ1) is 21.3. The minimum atomic E-state index is -4.00. The SMILES string of the molecule is Cc1cc(F)ccc1NC(=O)C1CCCN1S(=O)(=O)c1cc2c(cc1C)NC(=O)CO2. The highest BCUT2D eigenvalue weighted by Crippen LogP contribution is 2.36. The number of nitrogens with zero attached hydrogens (tertiary/aromatic N) is 1. The lowest BCUT2D eigenvalue weighted by Gasteiger charge is -2.26. The Labute approximate surface area is 179 Å². The fourth-order valence-electron chi connectivity index (χ4n) is 3.89. The van der Waals surface area contributed by atoms with E-state index in [2.05, 4.69) is 10.6 Å². The Bertz CT molecular complexity index is 1180.